The summed E-state index contributed by atoms with van der Waals surface area (Å²) in [7, 11) is 0. The number of rotatable bonds is 4. The fourth-order valence-corrected chi connectivity index (χ4v) is 3.48. The fourth-order valence-electron chi connectivity index (χ4n) is 3.18. The zero-order valence-corrected chi connectivity index (χ0v) is 13.5. The molecule has 2 aromatic rings. The van der Waals surface area contributed by atoms with E-state index in [-0.39, 0.29) is 0 Å². The standard InChI is InChI=1S/C17H23N3S/c1-2-7-14-12-13-8-6-11-18-16(13)20(17(14)21)19-15-9-4-3-5-10-15/h6,8,11-12,15,19H,2-5,7,9-10H2,1H3. The summed E-state index contributed by atoms with van der Waals surface area (Å²) >= 11 is 5.71. The molecule has 0 radical (unpaired) electrons. The lowest BCUT2D eigenvalue weighted by molar-refractivity contribution is 0.439. The van der Waals surface area contributed by atoms with Crippen LogP contribution in [0.4, 0.5) is 0 Å². The van der Waals surface area contributed by atoms with E-state index < -0.39 is 0 Å². The second-order valence-corrected chi connectivity index (χ2v) is 6.33. The van der Waals surface area contributed by atoms with Crippen LogP contribution in [0.3, 0.4) is 0 Å². The quantitative estimate of drug-likeness (QED) is 0.837. The maximum absolute atomic E-state index is 5.71. The molecule has 2 heterocycles. The molecule has 1 saturated carbocycles. The van der Waals surface area contributed by atoms with Crippen molar-refractivity contribution < 1.29 is 0 Å². The monoisotopic (exact) mass is 301 g/mol. The van der Waals surface area contributed by atoms with Crippen LogP contribution in [0.25, 0.3) is 11.0 Å². The molecule has 0 aliphatic heterocycles. The molecule has 0 bridgehead atoms. The number of nitrogens with one attached hydrogen (secondary N) is 1. The summed E-state index contributed by atoms with van der Waals surface area (Å²) in [6.45, 7) is 2.20. The lowest BCUT2D eigenvalue weighted by Crippen LogP contribution is -2.31. The van der Waals surface area contributed by atoms with Crippen LogP contribution in [-0.2, 0) is 6.42 Å². The van der Waals surface area contributed by atoms with Crippen molar-refractivity contribution in [2.24, 2.45) is 0 Å². The first-order valence-corrected chi connectivity index (χ1v) is 8.46. The predicted octanol–water partition coefficient (Wildman–Crippen LogP) is 4.59. The first kappa shape index (κ1) is 14.5. The van der Waals surface area contributed by atoms with Crippen molar-refractivity contribution in [3.8, 4) is 0 Å². The van der Waals surface area contributed by atoms with E-state index in [2.05, 4.69) is 34.1 Å². The largest absolute Gasteiger partial charge is 0.320 e. The molecule has 1 fully saturated rings. The summed E-state index contributed by atoms with van der Waals surface area (Å²) in [5.41, 5.74) is 5.84. The van der Waals surface area contributed by atoms with Crippen molar-refractivity contribution >= 4 is 23.3 Å². The van der Waals surface area contributed by atoms with E-state index in [1.54, 1.807) is 0 Å². The first-order valence-electron chi connectivity index (χ1n) is 8.06. The van der Waals surface area contributed by atoms with Crippen molar-refractivity contribution in [2.75, 3.05) is 5.43 Å². The third-order valence-corrected chi connectivity index (χ3v) is 4.72. The molecule has 2 aromatic heterocycles. The van der Waals surface area contributed by atoms with Gasteiger partial charge >= 0.3 is 0 Å². The molecule has 0 atom stereocenters. The van der Waals surface area contributed by atoms with Gasteiger partial charge in [0.15, 0.2) is 5.65 Å². The maximum Gasteiger partial charge on any atom is 0.159 e. The van der Waals surface area contributed by atoms with Crippen LogP contribution in [0, 0.1) is 4.64 Å². The maximum atomic E-state index is 5.71. The first-order chi connectivity index (χ1) is 10.3. The minimum absolute atomic E-state index is 0.521. The lowest BCUT2D eigenvalue weighted by atomic mass is 9.96. The topological polar surface area (TPSA) is 29.9 Å². The molecular formula is C17H23N3S. The Bertz CT molecular complexity index is 671. The van der Waals surface area contributed by atoms with E-state index in [0.717, 1.165) is 28.5 Å². The van der Waals surface area contributed by atoms with Gasteiger partial charge in [0.2, 0.25) is 0 Å². The SMILES string of the molecule is CCCc1cc2cccnc2n(NC2CCCCC2)c1=S. The van der Waals surface area contributed by atoms with Gasteiger partial charge in [-0.3, -0.25) is 0 Å². The van der Waals surface area contributed by atoms with Gasteiger partial charge in [0.25, 0.3) is 0 Å². The van der Waals surface area contributed by atoms with Crippen LogP contribution in [0.5, 0.6) is 0 Å². The Kier molecular flexibility index (Phi) is 4.54. The summed E-state index contributed by atoms with van der Waals surface area (Å²) < 4.78 is 2.96. The number of fused-ring (bicyclic) bond motifs is 1. The van der Waals surface area contributed by atoms with Crippen LogP contribution in [0.15, 0.2) is 24.4 Å². The molecule has 3 rings (SSSR count). The highest BCUT2D eigenvalue weighted by atomic mass is 32.1. The second kappa shape index (κ2) is 6.56. The van der Waals surface area contributed by atoms with Gasteiger partial charge in [-0.25, -0.2) is 9.66 Å². The highest BCUT2D eigenvalue weighted by Crippen LogP contribution is 2.21. The molecule has 0 saturated heterocycles. The van der Waals surface area contributed by atoms with E-state index in [1.807, 2.05) is 12.3 Å². The van der Waals surface area contributed by atoms with E-state index in [4.69, 9.17) is 12.2 Å². The van der Waals surface area contributed by atoms with Gasteiger partial charge in [-0.05, 0) is 43.0 Å². The molecular weight excluding hydrogens is 278 g/mol. The number of hydrogen-bond acceptors (Lipinski definition) is 3. The average Bonchev–Trinajstić information content (AvgIpc) is 2.52. The average molecular weight is 301 g/mol. The Hall–Kier alpha value is -1.42. The molecule has 1 N–H and O–H groups in total. The van der Waals surface area contributed by atoms with Crippen LogP contribution in [-0.4, -0.2) is 15.7 Å². The summed E-state index contributed by atoms with van der Waals surface area (Å²) in [6, 6.07) is 6.83. The minimum Gasteiger partial charge on any atom is -0.320 e. The zero-order chi connectivity index (χ0) is 14.7. The van der Waals surface area contributed by atoms with Gasteiger partial charge in [0, 0.05) is 17.6 Å². The summed E-state index contributed by atoms with van der Waals surface area (Å²) in [5, 5.41) is 1.16. The molecule has 112 valence electrons. The number of hydrogen-bond donors (Lipinski definition) is 1. The fraction of sp³-hybridized carbons (Fsp3) is 0.529. The molecule has 0 amide bonds. The molecule has 0 spiro atoms. The Morgan fingerprint density at radius 2 is 2.14 bits per heavy atom. The van der Waals surface area contributed by atoms with Crippen LogP contribution < -0.4 is 5.43 Å². The van der Waals surface area contributed by atoms with Gasteiger partial charge in [0.1, 0.15) is 4.64 Å². The van der Waals surface area contributed by atoms with Gasteiger partial charge in [0.05, 0.1) is 0 Å². The number of pyridine rings is 2. The molecule has 0 unspecified atom stereocenters. The van der Waals surface area contributed by atoms with Gasteiger partial charge in [-0.15, -0.1) is 0 Å². The van der Waals surface area contributed by atoms with Crippen LogP contribution >= 0.6 is 12.2 Å². The predicted molar refractivity (Wildman–Crippen MR) is 90.8 cm³/mol. The van der Waals surface area contributed by atoms with Gasteiger partial charge in [-0.2, -0.15) is 0 Å². The number of aromatic nitrogens is 2. The van der Waals surface area contributed by atoms with E-state index in [0.29, 0.717) is 6.04 Å². The summed E-state index contributed by atoms with van der Waals surface area (Å²) in [4.78, 5) is 4.54. The van der Waals surface area contributed by atoms with E-state index in [1.165, 1.54) is 37.7 Å². The summed E-state index contributed by atoms with van der Waals surface area (Å²) in [6.07, 6.45) is 10.4. The summed E-state index contributed by atoms with van der Waals surface area (Å²) in [5.74, 6) is 0. The Morgan fingerprint density at radius 3 is 2.90 bits per heavy atom. The lowest BCUT2D eigenvalue weighted by Gasteiger charge is -2.26. The van der Waals surface area contributed by atoms with Crippen molar-refractivity contribution in [1.82, 2.24) is 9.66 Å². The van der Waals surface area contributed by atoms with Crippen molar-refractivity contribution in [1.29, 1.82) is 0 Å². The van der Waals surface area contributed by atoms with Crippen molar-refractivity contribution in [2.45, 2.75) is 57.9 Å². The third-order valence-electron chi connectivity index (χ3n) is 4.27. The Morgan fingerprint density at radius 1 is 1.33 bits per heavy atom. The second-order valence-electron chi connectivity index (χ2n) is 5.94. The zero-order valence-electron chi connectivity index (χ0n) is 12.6. The van der Waals surface area contributed by atoms with Gasteiger partial charge in [-0.1, -0.05) is 44.8 Å². The van der Waals surface area contributed by atoms with Crippen LogP contribution in [0.1, 0.15) is 51.0 Å². The molecule has 1 aliphatic carbocycles. The van der Waals surface area contributed by atoms with Gasteiger partial charge < -0.3 is 5.43 Å². The minimum atomic E-state index is 0.521. The molecule has 4 heteroatoms. The van der Waals surface area contributed by atoms with E-state index >= 15 is 0 Å². The third kappa shape index (κ3) is 3.10. The normalized spacial score (nSPS) is 16.2. The van der Waals surface area contributed by atoms with Crippen molar-refractivity contribution in [3.63, 3.8) is 0 Å². The molecule has 1 aliphatic rings. The smallest absolute Gasteiger partial charge is 0.159 e. The molecule has 3 nitrogen and oxygen atoms in total. The van der Waals surface area contributed by atoms with Crippen LogP contribution in [0.2, 0.25) is 0 Å². The Labute approximate surface area is 131 Å². The highest BCUT2D eigenvalue weighted by molar-refractivity contribution is 7.71. The number of nitrogens with zero attached hydrogens (tertiary/aromatic N) is 2. The van der Waals surface area contributed by atoms with Crippen molar-refractivity contribution in [3.05, 3.63) is 34.6 Å². The highest BCUT2D eigenvalue weighted by Gasteiger charge is 2.15. The van der Waals surface area contributed by atoms with E-state index in [9.17, 15) is 0 Å². The number of aryl methyl sites for hydroxylation is 1. The molecule has 0 aromatic carbocycles. The molecule has 21 heavy (non-hydrogen) atoms. The Balaban J connectivity index is 2.04.